The van der Waals surface area contributed by atoms with Crippen LogP contribution in [0.2, 0.25) is 0 Å². The molecule has 0 aliphatic carbocycles. The minimum Gasteiger partial charge on any atom is -0.466 e. The van der Waals surface area contributed by atoms with Crippen LogP contribution in [-0.4, -0.2) is 23.2 Å². The van der Waals surface area contributed by atoms with E-state index in [9.17, 15) is 4.79 Å². The third-order valence-corrected chi connectivity index (χ3v) is 4.97. The van der Waals surface area contributed by atoms with E-state index < -0.39 is 0 Å². The molecule has 3 rings (SSSR count). The average Bonchev–Trinajstić information content (AvgIpc) is 3.11. The van der Waals surface area contributed by atoms with Gasteiger partial charge in [0.1, 0.15) is 11.1 Å². The molecule has 0 saturated carbocycles. The van der Waals surface area contributed by atoms with Crippen LogP contribution in [0, 0.1) is 0 Å². The molecule has 104 valence electrons. The number of thioether (sulfide) groups is 1. The number of benzene rings is 1. The Hall–Kier alpha value is -1.40. The smallest absolute Gasteiger partial charge is 0.323 e. The van der Waals surface area contributed by atoms with Crippen LogP contribution in [0.15, 0.2) is 51.6 Å². The summed E-state index contributed by atoms with van der Waals surface area (Å²) in [6, 6.07) is 11.2. The number of carbonyl (C=O) groups is 1. The lowest BCUT2D eigenvalue weighted by atomic mass is 10.3. The van der Waals surface area contributed by atoms with Gasteiger partial charge in [0.25, 0.3) is 0 Å². The maximum Gasteiger partial charge on any atom is 0.323 e. The van der Waals surface area contributed by atoms with Crippen LogP contribution in [0.4, 0.5) is 10.5 Å². The van der Waals surface area contributed by atoms with Gasteiger partial charge in [-0.1, -0.05) is 12.1 Å². The summed E-state index contributed by atoms with van der Waals surface area (Å²) in [7, 11) is 0. The van der Waals surface area contributed by atoms with Gasteiger partial charge >= 0.3 is 6.03 Å². The normalized spacial score (nSPS) is 18.2. The third-order valence-electron chi connectivity index (χ3n) is 3.05. The Balaban J connectivity index is 1.75. The Labute approximate surface area is 129 Å². The largest absolute Gasteiger partial charge is 0.466 e. The van der Waals surface area contributed by atoms with Gasteiger partial charge in [0.05, 0.1) is 12.0 Å². The molecule has 1 atom stereocenters. The van der Waals surface area contributed by atoms with Gasteiger partial charge in [-0.25, -0.2) is 4.79 Å². The summed E-state index contributed by atoms with van der Waals surface area (Å²) in [6.45, 7) is 0.715. The Morgan fingerprint density at radius 1 is 1.35 bits per heavy atom. The van der Waals surface area contributed by atoms with Gasteiger partial charge in [-0.2, -0.15) is 0 Å². The first kappa shape index (κ1) is 13.6. The highest BCUT2D eigenvalue weighted by Gasteiger charge is 2.32. The summed E-state index contributed by atoms with van der Waals surface area (Å²) in [4.78, 5) is 14.2. The van der Waals surface area contributed by atoms with Crippen LogP contribution in [0.25, 0.3) is 0 Å². The average molecular weight is 353 g/mol. The Kier molecular flexibility index (Phi) is 4.03. The molecule has 1 aromatic carbocycles. The predicted molar refractivity (Wildman–Crippen MR) is 83.8 cm³/mol. The van der Waals surface area contributed by atoms with Gasteiger partial charge in [0, 0.05) is 16.8 Å². The fraction of sp³-hybridized carbons (Fsp3) is 0.214. The molecule has 0 spiro atoms. The van der Waals surface area contributed by atoms with Crippen molar-refractivity contribution in [2.75, 3.05) is 17.6 Å². The van der Waals surface area contributed by atoms with Crippen LogP contribution in [0.3, 0.4) is 0 Å². The molecular formula is C14H13BrN2O2S. The van der Waals surface area contributed by atoms with Crippen LogP contribution in [-0.2, 0) is 0 Å². The third kappa shape index (κ3) is 2.71. The Morgan fingerprint density at radius 3 is 2.95 bits per heavy atom. The number of para-hydroxylation sites is 1. The second-order valence-electron chi connectivity index (χ2n) is 4.34. The number of rotatable bonds is 2. The SMILES string of the molecule is O=C(Nc1ccccc1Br)N1CCSC1c1ccco1. The number of halogens is 1. The fourth-order valence-corrected chi connectivity index (χ4v) is 3.68. The Morgan fingerprint density at radius 2 is 2.20 bits per heavy atom. The number of hydrogen-bond acceptors (Lipinski definition) is 3. The molecule has 4 nitrogen and oxygen atoms in total. The Bertz CT molecular complexity index is 603. The molecule has 1 aliphatic heterocycles. The molecule has 0 bridgehead atoms. The van der Waals surface area contributed by atoms with E-state index in [-0.39, 0.29) is 11.4 Å². The van der Waals surface area contributed by atoms with Gasteiger partial charge in [0.2, 0.25) is 0 Å². The van der Waals surface area contributed by atoms with Crippen molar-refractivity contribution in [1.29, 1.82) is 0 Å². The number of carbonyl (C=O) groups excluding carboxylic acids is 1. The lowest BCUT2D eigenvalue weighted by Gasteiger charge is -2.22. The van der Waals surface area contributed by atoms with E-state index in [1.807, 2.05) is 36.4 Å². The van der Waals surface area contributed by atoms with Crippen LogP contribution in [0.5, 0.6) is 0 Å². The molecule has 1 N–H and O–H groups in total. The maximum absolute atomic E-state index is 12.4. The summed E-state index contributed by atoms with van der Waals surface area (Å²) >= 11 is 5.14. The van der Waals surface area contributed by atoms with E-state index >= 15 is 0 Å². The first-order chi connectivity index (χ1) is 9.75. The molecule has 1 fully saturated rings. The maximum atomic E-state index is 12.4. The van der Waals surface area contributed by atoms with E-state index in [4.69, 9.17) is 4.42 Å². The van der Waals surface area contributed by atoms with Gasteiger partial charge in [0.15, 0.2) is 0 Å². The van der Waals surface area contributed by atoms with Gasteiger partial charge in [-0.3, -0.25) is 0 Å². The van der Waals surface area contributed by atoms with Gasteiger partial charge < -0.3 is 14.6 Å². The number of hydrogen-bond donors (Lipinski definition) is 1. The van der Waals surface area contributed by atoms with E-state index in [2.05, 4.69) is 21.2 Å². The molecule has 0 radical (unpaired) electrons. The zero-order valence-corrected chi connectivity index (χ0v) is 13.0. The lowest BCUT2D eigenvalue weighted by molar-refractivity contribution is 0.209. The van der Waals surface area contributed by atoms with Crippen molar-refractivity contribution in [1.82, 2.24) is 4.90 Å². The van der Waals surface area contributed by atoms with Crippen molar-refractivity contribution < 1.29 is 9.21 Å². The molecule has 1 unspecified atom stereocenters. The van der Waals surface area contributed by atoms with Crippen LogP contribution >= 0.6 is 27.7 Å². The zero-order valence-electron chi connectivity index (χ0n) is 10.6. The van der Waals surface area contributed by atoms with Gasteiger partial charge in [-0.05, 0) is 40.2 Å². The van der Waals surface area contributed by atoms with E-state index in [1.165, 1.54) is 0 Å². The van der Waals surface area contributed by atoms with E-state index in [1.54, 1.807) is 22.9 Å². The van der Waals surface area contributed by atoms with E-state index in [0.29, 0.717) is 6.54 Å². The fourth-order valence-electron chi connectivity index (χ4n) is 2.10. The molecule has 1 aromatic heterocycles. The molecule has 20 heavy (non-hydrogen) atoms. The summed E-state index contributed by atoms with van der Waals surface area (Å²) in [5, 5.41) is 2.88. The number of nitrogens with zero attached hydrogens (tertiary/aromatic N) is 1. The summed E-state index contributed by atoms with van der Waals surface area (Å²) < 4.78 is 6.29. The summed E-state index contributed by atoms with van der Waals surface area (Å²) in [5.74, 6) is 1.73. The van der Waals surface area contributed by atoms with Gasteiger partial charge in [-0.15, -0.1) is 11.8 Å². The molecule has 2 aromatic rings. The monoisotopic (exact) mass is 352 g/mol. The minimum atomic E-state index is -0.108. The zero-order chi connectivity index (χ0) is 13.9. The molecule has 2 heterocycles. The minimum absolute atomic E-state index is 0.0486. The highest BCUT2D eigenvalue weighted by molar-refractivity contribution is 9.10. The first-order valence-electron chi connectivity index (χ1n) is 6.23. The van der Waals surface area contributed by atoms with Crippen molar-refractivity contribution in [2.45, 2.75) is 5.37 Å². The molecule has 1 saturated heterocycles. The molecule has 6 heteroatoms. The molecule has 2 amide bonds. The topological polar surface area (TPSA) is 45.5 Å². The predicted octanol–water partition coefficient (Wildman–Crippen LogP) is 4.32. The van der Waals surface area contributed by atoms with Crippen molar-refractivity contribution in [3.05, 3.63) is 52.9 Å². The lowest BCUT2D eigenvalue weighted by Crippen LogP contribution is -2.34. The summed E-state index contributed by atoms with van der Waals surface area (Å²) in [6.07, 6.45) is 1.64. The van der Waals surface area contributed by atoms with Crippen molar-refractivity contribution >= 4 is 39.4 Å². The van der Waals surface area contributed by atoms with Crippen molar-refractivity contribution in [3.63, 3.8) is 0 Å². The number of amides is 2. The summed E-state index contributed by atoms with van der Waals surface area (Å²) in [5.41, 5.74) is 0.771. The highest BCUT2D eigenvalue weighted by Crippen LogP contribution is 2.38. The standard InChI is InChI=1S/C14H13BrN2O2S/c15-10-4-1-2-5-11(10)16-14(18)17-7-9-20-13(17)12-6-3-8-19-12/h1-6,8,13H,7,9H2,(H,16,18). The number of nitrogens with one attached hydrogen (secondary N) is 1. The first-order valence-corrected chi connectivity index (χ1v) is 8.07. The number of urea groups is 1. The highest BCUT2D eigenvalue weighted by atomic mass is 79.9. The van der Waals surface area contributed by atoms with Crippen LogP contribution in [0.1, 0.15) is 11.1 Å². The number of furan rings is 1. The molecule has 1 aliphatic rings. The molecular weight excluding hydrogens is 340 g/mol. The number of anilines is 1. The van der Waals surface area contributed by atoms with Crippen molar-refractivity contribution in [2.24, 2.45) is 0 Å². The second-order valence-corrected chi connectivity index (χ2v) is 6.38. The van der Waals surface area contributed by atoms with Crippen LogP contribution < -0.4 is 5.32 Å². The quantitative estimate of drug-likeness (QED) is 0.875. The van der Waals surface area contributed by atoms with Crippen molar-refractivity contribution in [3.8, 4) is 0 Å². The van der Waals surface area contributed by atoms with E-state index in [0.717, 1.165) is 21.7 Å². The second kappa shape index (κ2) is 5.93.